The van der Waals surface area contributed by atoms with Crippen LogP contribution in [0.25, 0.3) is 5.69 Å². The van der Waals surface area contributed by atoms with E-state index in [2.05, 4.69) is 15.5 Å². The highest BCUT2D eigenvalue weighted by Crippen LogP contribution is 2.22. The number of nitrogens with zero attached hydrogens (tertiary/aromatic N) is 5. The number of esters is 2. The highest BCUT2D eigenvalue weighted by molar-refractivity contribution is 5.99. The Morgan fingerprint density at radius 2 is 1.83 bits per heavy atom. The molecule has 2 aromatic heterocycles. The van der Waals surface area contributed by atoms with Crippen LogP contribution in [-0.4, -0.2) is 56.2 Å². The third-order valence-electron chi connectivity index (χ3n) is 4.32. The average Bonchev–Trinajstić information content (AvgIpc) is 3.33. The van der Waals surface area contributed by atoms with Crippen molar-refractivity contribution in [1.29, 1.82) is 0 Å². The van der Waals surface area contributed by atoms with Crippen LogP contribution in [0.3, 0.4) is 0 Å². The lowest BCUT2D eigenvalue weighted by atomic mass is 10.1. The second-order valence-corrected chi connectivity index (χ2v) is 6.25. The van der Waals surface area contributed by atoms with Gasteiger partial charge in [-0.25, -0.2) is 9.48 Å². The van der Waals surface area contributed by atoms with Crippen LogP contribution in [0.15, 0.2) is 36.7 Å². The number of hydrogen-bond acceptors (Lipinski definition) is 8. The van der Waals surface area contributed by atoms with Gasteiger partial charge >= 0.3 is 11.9 Å². The number of benzene rings is 1. The molecule has 3 aromatic rings. The summed E-state index contributed by atoms with van der Waals surface area (Å²) in [7, 11) is 1.32. The third kappa shape index (κ3) is 4.37. The number of aromatic nitrogens is 5. The van der Waals surface area contributed by atoms with Crippen molar-refractivity contribution < 1.29 is 23.9 Å². The van der Waals surface area contributed by atoms with Crippen molar-refractivity contribution in [2.24, 2.45) is 0 Å². The maximum Gasteiger partial charge on any atom is 0.337 e. The first-order chi connectivity index (χ1) is 13.9. The van der Waals surface area contributed by atoms with E-state index in [0.717, 1.165) is 11.4 Å². The molecule has 0 radical (unpaired) electrons. The highest BCUT2D eigenvalue weighted by Gasteiger charge is 2.18. The molecule has 0 aliphatic rings. The summed E-state index contributed by atoms with van der Waals surface area (Å²) >= 11 is 0. The maximum absolute atomic E-state index is 12.6. The molecule has 0 saturated carbocycles. The molecule has 0 N–H and O–H groups in total. The van der Waals surface area contributed by atoms with Gasteiger partial charge in [0.05, 0.1) is 12.7 Å². The van der Waals surface area contributed by atoms with E-state index < -0.39 is 11.9 Å². The van der Waals surface area contributed by atoms with E-state index >= 15 is 0 Å². The minimum absolute atomic E-state index is 0.175. The van der Waals surface area contributed by atoms with E-state index in [1.54, 1.807) is 37.3 Å². The van der Waals surface area contributed by atoms with E-state index in [4.69, 9.17) is 9.47 Å². The highest BCUT2D eigenvalue weighted by atomic mass is 16.5. The summed E-state index contributed by atoms with van der Waals surface area (Å²) in [4.78, 5) is 35.9. The number of carbonyl (C=O) groups is 3. The normalized spacial score (nSPS) is 10.6. The zero-order valence-electron chi connectivity index (χ0n) is 16.2. The summed E-state index contributed by atoms with van der Waals surface area (Å²) in [5.74, 6) is -1.35. The molecule has 0 unspecified atom stereocenters. The lowest BCUT2D eigenvalue weighted by Crippen LogP contribution is -2.19. The third-order valence-corrected chi connectivity index (χ3v) is 4.32. The predicted molar refractivity (Wildman–Crippen MR) is 99.7 cm³/mol. The van der Waals surface area contributed by atoms with Gasteiger partial charge in [-0.3, -0.25) is 9.59 Å². The Labute approximate surface area is 166 Å². The second kappa shape index (κ2) is 8.46. The van der Waals surface area contributed by atoms with Gasteiger partial charge in [0.1, 0.15) is 12.9 Å². The van der Waals surface area contributed by atoms with E-state index in [0.29, 0.717) is 16.8 Å². The number of aryl methyl sites for hydroxylation is 1. The largest absolute Gasteiger partial charge is 0.465 e. The first-order valence-corrected chi connectivity index (χ1v) is 8.68. The van der Waals surface area contributed by atoms with Crippen LogP contribution in [0.1, 0.15) is 32.1 Å². The van der Waals surface area contributed by atoms with E-state index in [1.165, 1.54) is 18.1 Å². The number of ether oxygens (including phenoxy) is 2. The fraction of sp³-hybridized carbons (Fsp3) is 0.263. The van der Waals surface area contributed by atoms with Crippen molar-refractivity contribution in [2.75, 3.05) is 13.7 Å². The first-order valence-electron chi connectivity index (χ1n) is 8.68. The standard InChI is InChI=1S/C19H19N5O5/c1-12-8-16(17(25)10-29-18(26)9-23-11-20-21-22-23)13(2)24(12)15-6-4-14(5-7-15)19(27)28-3/h4-8,11H,9-10H2,1-3H3. The van der Waals surface area contributed by atoms with Gasteiger partial charge in [-0.05, 0) is 54.6 Å². The van der Waals surface area contributed by atoms with Gasteiger partial charge in [0, 0.05) is 22.6 Å². The molecule has 150 valence electrons. The number of rotatable bonds is 7. The van der Waals surface area contributed by atoms with Crippen molar-refractivity contribution in [2.45, 2.75) is 20.4 Å². The molecule has 0 spiro atoms. The number of Topliss-reactive ketones (excluding diaryl/α,β-unsaturated/α-hetero) is 1. The minimum Gasteiger partial charge on any atom is -0.465 e. The molecule has 0 fully saturated rings. The smallest absolute Gasteiger partial charge is 0.337 e. The van der Waals surface area contributed by atoms with Crippen LogP contribution in [0, 0.1) is 13.8 Å². The second-order valence-electron chi connectivity index (χ2n) is 6.25. The summed E-state index contributed by atoms with van der Waals surface area (Å²) < 4.78 is 12.8. The van der Waals surface area contributed by atoms with Crippen LogP contribution >= 0.6 is 0 Å². The lowest BCUT2D eigenvalue weighted by molar-refractivity contribution is -0.143. The average molecular weight is 397 g/mol. The predicted octanol–water partition coefficient (Wildman–Crippen LogP) is 1.29. The molecule has 0 saturated heterocycles. The lowest BCUT2D eigenvalue weighted by Gasteiger charge is -2.10. The minimum atomic E-state index is -0.613. The fourth-order valence-electron chi connectivity index (χ4n) is 2.96. The summed E-state index contributed by atoms with van der Waals surface area (Å²) in [5.41, 5.74) is 3.22. The molecule has 29 heavy (non-hydrogen) atoms. The number of methoxy groups -OCH3 is 1. The molecule has 0 atom stereocenters. The van der Waals surface area contributed by atoms with Crippen molar-refractivity contribution in [1.82, 2.24) is 24.8 Å². The van der Waals surface area contributed by atoms with Gasteiger partial charge in [0.2, 0.25) is 5.78 Å². The molecule has 0 aliphatic heterocycles. The monoisotopic (exact) mass is 397 g/mol. The van der Waals surface area contributed by atoms with Gasteiger partial charge in [-0.2, -0.15) is 0 Å². The summed E-state index contributed by atoms with van der Waals surface area (Å²) in [5, 5.41) is 10.4. The quantitative estimate of drug-likeness (QED) is 0.432. The van der Waals surface area contributed by atoms with Crippen LogP contribution in [0.2, 0.25) is 0 Å². The van der Waals surface area contributed by atoms with Gasteiger partial charge < -0.3 is 14.0 Å². The molecule has 0 bridgehead atoms. The Kier molecular flexibility index (Phi) is 5.82. The Morgan fingerprint density at radius 1 is 1.10 bits per heavy atom. The Morgan fingerprint density at radius 3 is 2.45 bits per heavy atom. The number of carbonyl (C=O) groups excluding carboxylic acids is 3. The zero-order chi connectivity index (χ0) is 21.0. The summed E-state index contributed by atoms with van der Waals surface area (Å²) in [6.45, 7) is 3.11. The zero-order valence-corrected chi connectivity index (χ0v) is 16.2. The van der Waals surface area contributed by atoms with Crippen LogP contribution in [0.5, 0.6) is 0 Å². The molecule has 2 heterocycles. The summed E-state index contributed by atoms with van der Waals surface area (Å²) in [6, 6.07) is 8.59. The molecule has 0 aliphatic carbocycles. The van der Waals surface area contributed by atoms with Crippen LogP contribution in [-0.2, 0) is 20.8 Å². The molecule has 3 rings (SSSR count). The van der Waals surface area contributed by atoms with Crippen LogP contribution < -0.4 is 0 Å². The van der Waals surface area contributed by atoms with Gasteiger partial charge in [0.15, 0.2) is 6.61 Å². The molecule has 1 aromatic carbocycles. The summed E-state index contributed by atoms with van der Waals surface area (Å²) in [6.07, 6.45) is 1.28. The first kappa shape index (κ1) is 19.9. The Hall–Kier alpha value is -3.82. The topological polar surface area (TPSA) is 118 Å². The Bertz CT molecular complexity index is 1040. The number of tetrazole rings is 1. The Balaban J connectivity index is 1.72. The van der Waals surface area contributed by atoms with Gasteiger partial charge in [0.25, 0.3) is 0 Å². The SMILES string of the molecule is COC(=O)c1ccc(-n2c(C)cc(C(=O)COC(=O)Cn3cnnn3)c2C)cc1. The van der Waals surface area contributed by atoms with Crippen LogP contribution in [0.4, 0.5) is 0 Å². The fourth-order valence-corrected chi connectivity index (χ4v) is 2.96. The van der Waals surface area contributed by atoms with Crippen molar-refractivity contribution in [3.63, 3.8) is 0 Å². The van der Waals surface area contributed by atoms with E-state index in [9.17, 15) is 14.4 Å². The number of hydrogen-bond donors (Lipinski definition) is 0. The number of ketones is 1. The molecular weight excluding hydrogens is 378 g/mol. The van der Waals surface area contributed by atoms with E-state index in [1.807, 2.05) is 11.5 Å². The van der Waals surface area contributed by atoms with E-state index in [-0.39, 0.29) is 18.9 Å². The molecule has 10 heteroatoms. The van der Waals surface area contributed by atoms with Gasteiger partial charge in [-0.1, -0.05) is 0 Å². The van der Waals surface area contributed by atoms with Crippen molar-refractivity contribution in [3.05, 3.63) is 59.2 Å². The molecular formula is C19H19N5O5. The van der Waals surface area contributed by atoms with Gasteiger partial charge in [-0.15, -0.1) is 5.10 Å². The van der Waals surface area contributed by atoms with Crippen molar-refractivity contribution >= 4 is 17.7 Å². The molecule has 0 amide bonds. The van der Waals surface area contributed by atoms with Crippen molar-refractivity contribution in [3.8, 4) is 5.69 Å². The molecule has 10 nitrogen and oxygen atoms in total. The maximum atomic E-state index is 12.6.